The van der Waals surface area contributed by atoms with E-state index in [9.17, 15) is 4.79 Å². The van der Waals surface area contributed by atoms with Crippen molar-refractivity contribution in [1.29, 1.82) is 0 Å². The Kier molecular flexibility index (Phi) is 4.30. The van der Waals surface area contributed by atoms with Crippen LogP contribution in [-0.2, 0) is 4.79 Å². The highest BCUT2D eigenvalue weighted by Crippen LogP contribution is 2.29. The van der Waals surface area contributed by atoms with Gasteiger partial charge in [-0.3, -0.25) is 10.1 Å². The van der Waals surface area contributed by atoms with E-state index in [1.807, 2.05) is 44.2 Å². The van der Waals surface area contributed by atoms with Gasteiger partial charge in [-0.2, -0.15) is 0 Å². The zero-order valence-electron chi connectivity index (χ0n) is 13.3. The van der Waals surface area contributed by atoms with Gasteiger partial charge in [0, 0.05) is 0 Å². The minimum absolute atomic E-state index is 0.0308. The Balaban J connectivity index is 1.66. The lowest BCUT2D eigenvalue weighted by atomic mass is 10.1. The molecule has 1 amide bonds. The Labute approximate surface area is 139 Å². The fourth-order valence-electron chi connectivity index (χ4n) is 2.22. The summed E-state index contributed by atoms with van der Waals surface area (Å²) in [6.45, 7) is 6.08. The zero-order chi connectivity index (χ0) is 16.4. The van der Waals surface area contributed by atoms with E-state index >= 15 is 0 Å². The van der Waals surface area contributed by atoms with Gasteiger partial charge in [0.1, 0.15) is 5.75 Å². The topological polar surface area (TPSA) is 51.2 Å². The Morgan fingerprint density at radius 2 is 1.87 bits per heavy atom. The molecule has 1 N–H and O–H groups in total. The number of aryl methyl sites for hydroxylation is 3. The number of thiazole rings is 1. The number of nitrogens with one attached hydrogen (secondary N) is 1. The molecule has 118 valence electrons. The number of amides is 1. The quantitative estimate of drug-likeness (QED) is 0.780. The van der Waals surface area contributed by atoms with Gasteiger partial charge in [-0.05, 0) is 50.1 Å². The molecular formula is C18H18N2O2S. The lowest BCUT2D eigenvalue weighted by molar-refractivity contribution is -0.118. The molecule has 3 rings (SSSR count). The Morgan fingerprint density at radius 1 is 1.13 bits per heavy atom. The average Bonchev–Trinajstić information content (AvgIpc) is 2.94. The third kappa shape index (κ3) is 3.51. The van der Waals surface area contributed by atoms with Crippen LogP contribution >= 0.6 is 11.3 Å². The molecule has 0 bridgehead atoms. The first-order valence-electron chi connectivity index (χ1n) is 7.39. The number of carbonyl (C=O) groups is 1. The van der Waals surface area contributed by atoms with Crippen LogP contribution in [0.5, 0.6) is 5.75 Å². The van der Waals surface area contributed by atoms with Crippen molar-refractivity contribution in [2.75, 3.05) is 11.9 Å². The van der Waals surface area contributed by atoms with Crippen molar-refractivity contribution in [3.8, 4) is 5.75 Å². The third-order valence-corrected chi connectivity index (χ3v) is 4.66. The maximum atomic E-state index is 12.0. The van der Waals surface area contributed by atoms with Crippen LogP contribution in [0, 0.1) is 20.8 Å². The Bertz CT molecular complexity index is 853. The summed E-state index contributed by atoms with van der Waals surface area (Å²) in [4.78, 5) is 16.5. The number of aromatic nitrogens is 1. The molecule has 5 heteroatoms. The van der Waals surface area contributed by atoms with Gasteiger partial charge >= 0.3 is 0 Å². The molecular weight excluding hydrogens is 308 g/mol. The number of rotatable bonds is 4. The molecule has 0 radical (unpaired) electrons. The summed E-state index contributed by atoms with van der Waals surface area (Å²) < 4.78 is 6.55. The summed E-state index contributed by atoms with van der Waals surface area (Å²) in [5.41, 5.74) is 4.45. The SMILES string of the molecule is Cc1ccc(OCC(=O)Nc2nc3c(C)c(C)ccc3s2)cc1. The number of nitrogens with zero attached hydrogens (tertiary/aromatic N) is 1. The van der Waals surface area contributed by atoms with Crippen LogP contribution < -0.4 is 10.1 Å². The van der Waals surface area contributed by atoms with Gasteiger partial charge in [0.15, 0.2) is 11.7 Å². The molecule has 23 heavy (non-hydrogen) atoms. The largest absolute Gasteiger partial charge is 0.484 e. The van der Waals surface area contributed by atoms with Crippen LogP contribution in [-0.4, -0.2) is 17.5 Å². The number of benzene rings is 2. The van der Waals surface area contributed by atoms with E-state index in [2.05, 4.69) is 23.3 Å². The van der Waals surface area contributed by atoms with Crippen LogP contribution in [0.4, 0.5) is 5.13 Å². The van der Waals surface area contributed by atoms with Gasteiger partial charge in [-0.15, -0.1) is 0 Å². The number of fused-ring (bicyclic) bond motifs is 1. The van der Waals surface area contributed by atoms with E-state index in [4.69, 9.17) is 4.74 Å². The second-order valence-electron chi connectivity index (χ2n) is 5.52. The molecule has 0 saturated carbocycles. The number of ether oxygens (including phenoxy) is 1. The lowest BCUT2D eigenvalue weighted by Gasteiger charge is -2.05. The third-order valence-electron chi connectivity index (χ3n) is 3.72. The molecule has 0 aliphatic carbocycles. The molecule has 2 aromatic carbocycles. The molecule has 4 nitrogen and oxygen atoms in total. The Hall–Kier alpha value is -2.40. The number of anilines is 1. The summed E-state index contributed by atoms with van der Waals surface area (Å²) in [7, 11) is 0. The van der Waals surface area contributed by atoms with Crippen LogP contribution in [0.15, 0.2) is 36.4 Å². The first-order valence-corrected chi connectivity index (χ1v) is 8.20. The highest BCUT2D eigenvalue weighted by atomic mass is 32.1. The molecule has 0 fully saturated rings. The van der Waals surface area contributed by atoms with E-state index < -0.39 is 0 Å². The summed E-state index contributed by atoms with van der Waals surface area (Å²) in [6.07, 6.45) is 0. The lowest BCUT2D eigenvalue weighted by Crippen LogP contribution is -2.19. The van der Waals surface area contributed by atoms with Gasteiger partial charge in [0.25, 0.3) is 5.91 Å². The molecule has 0 aliphatic heterocycles. The van der Waals surface area contributed by atoms with Crippen LogP contribution in [0.2, 0.25) is 0 Å². The first kappa shape index (κ1) is 15.5. The van der Waals surface area contributed by atoms with Gasteiger partial charge in [0.2, 0.25) is 0 Å². The fourth-order valence-corrected chi connectivity index (χ4v) is 3.16. The molecule has 0 unspecified atom stereocenters. The second kappa shape index (κ2) is 6.38. The highest BCUT2D eigenvalue weighted by Gasteiger charge is 2.10. The number of carbonyl (C=O) groups excluding carboxylic acids is 1. The van der Waals surface area contributed by atoms with Crippen molar-refractivity contribution >= 4 is 32.6 Å². The van der Waals surface area contributed by atoms with Gasteiger partial charge in [-0.1, -0.05) is 35.1 Å². The average molecular weight is 326 g/mol. The molecule has 0 saturated heterocycles. The van der Waals surface area contributed by atoms with E-state index in [0.29, 0.717) is 10.9 Å². The fraction of sp³-hybridized carbons (Fsp3) is 0.222. The molecule has 0 aliphatic rings. The normalized spacial score (nSPS) is 10.7. The zero-order valence-corrected chi connectivity index (χ0v) is 14.2. The van der Waals surface area contributed by atoms with Crippen molar-refractivity contribution in [3.63, 3.8) is 0 Å². The maximum Gasteiger partial charge on any atom is 0.264 e. The molecule has 1 heterocycles. The van der Waals surface area contributed by atoms with Gasteiger partial charge in [0.05, 0.1) is 10.2 Å². The van der Waals surface area contributed by atoms with Crippen LogP contribution in [0.1, 0.15) is 16.7 Å². The van der Waals surface area contributed by atoms with Crippen molar-refractivity contribution in [3.05, 3.63) is 53.1 Å². The molecule has 0 spiro atoms. The van der Waals surface area contributed by atoms with Gasteiger partial charge in [-0.25, -0.2) is 4.98 Å². The van der Waals surface area contributed by atoms with E-state index in [-0.39, 0.29) is 12.5 Å². The number of hydrogen-bond donors (Lipinski definition) is 1. The maximum absolute atomic E-state index is 12.0. The van der Waals surface area contributed by atoms with Gasteiger partial charge < -0.3 is 4.74 Å². The van der Waals surface area contributed by atoms with E-state index in [1.54, 1.807) is 0 Å². The summed E-state index contributed by atoms with van der Waals surface area (Å²) >= 11 is 1.47. The van der Waals surface area contributed by atoms with E-state index in [0.717, 1.165) is 21.3 Å². The monoisotopic (exact) mass is 326 g/mol. The Morgan fingerprint density at radius 3 is 2.61 bits per heavy atom. The minimum Gasteiger partial charge on any atom is -0.484 e. The molecule has 3 aromatic rings. The highest BCUT2D eigenvalue weighted by molar-refractivity contribution is 7.22. The van der Waals surface area contributed by atoms with Crippen molar-refractivity contribution in [2.24, 2.45) is 0 Å². The predicted octanol–water partition coefficient (Wildman–Crippen LogP) is 4.24. The summed E-state index contributed by atoms with van der Waals surface area (Å²) in [5.74, 6) is 0.473. The summed E-state index contributed by atoms with van der Waals surface area (Å²) in [6, 6.07) is 11.7. The summed E-state index contributed by atoms with van der Waals surface area (Å²) in [5, 5.41) is 3.41. The van der Waals surface area contributed by atoms with Crippen molar-refractivity contribution < 1.29 is 9.53 Å². The predicted molar refractivity (Wildman–Crippen MR) is 94.4 cm³/mol. The van der Waals surface area contributed by atoms with Crippen molar-refractivity contribution in [2.45, 2.75) is 20.8 Å². The number of hydrogen-bond acceptors (Lipinski definition) is 4. The van der Waals surface area contributed by atoms with Crippen LogP contribution in [0.25, 0.3) is 10.2 Å². The van der Waals surface area contributed by atoms with Crippen molar-refractivity contribution in [1.82, 2.24) is 4.98 Å². The second-order valence-corrected chi connectivity index (χ2v) is 6.55. The smallest absolute Gasteiger partial charge is 0.264 e. The molecule has 1 aromatic heterocycles. The van der Waals surface area contributed by atoms with E-state index in [1.165, 1.54) is 16.9 Å². The first-order chi connectivity index (χ1) is 11.0. The standard InChI is InChI=1S/C18H18N2O2S/c1-11-4-7-14(8-5-11)22-10-16(21)19-18-20-17-13(3)12(2)6-9-15(17)23-18/h4-9H,10H2,1-3H3,(H,19,20,21). The minimum atomic E-state index is -0.209. The van der Waals surface area contributed by atoms with Crippen LogP contribution in [0.3, 0.4) is 0 Å². The molecule has 0 atom stereocenters.